The molecule has 0 rings (SSSR count). The van der Waals surface area contributed by atoms with E-state index in [4.69, 9.17) is 13.0 Å². The van der Waals surface area contributed by atoms with Gasteiger partial charge in [-0.05, 0) is 0 Å². The van der Waals surface area contributed by atoms with E-state index in [2.05, 4.69) is 11.5 Å². The molecule has 0 spiro atoms. The number of hydrogen-bond acceptors (Lipinski definition) is 3. The Labute approximate surface area is 57.7 Å². The third-order valence-corrected chi connectivity index (χ3v) is 0. The van der Waals surface area contributed by atoms with Crippen molar-refractivity contribution in [3.05, 3.63) is 0 Å². The second-order valence-corrected chi connectivity index (χ2v) is 0.651. The Kier molecular flexibility index (Phi) is 16.6. The molecule has 0 aromatic heterocycles. The molecule has 0 unspecified atom stereocenters. The van der Waals surface area contributed by atoms with Crippen molar-refractivity contribution in [2.45, 2.75) is 0 Å². The van der Waals surface area contributed by atoms with E-state index < -0.39 is 11.0 Å². The first-order chi connectivity index (χ1) is 2.73. The van der Waals surface area contributed by atoms with Crippen LogP contribution in [0.5, 0.6) is 0 Å². The van der Waals surface area contributed by atoms with Gasteiger partial charge in [-0.15, -0.1) is 0 Å². The summed E-state index contributed by atoms with van der Waals surface area (Å²) in [5, 5.41) is 0. The Bertz CT molecular complexity index is 68.9. The van der Waals surface area contributed by atoms with Crippen LogP contribution in [0.1, 0.15) is 0 Å². The zero-order chi connectivity index (χ0) is 5.58. The maximum absolute atomic E-state index is 8.56. The second-order valence-electron chi connectivity index (χ2n) is 0.217. The fourth-order valence-corrected chi connectivity index (χ4v) is 0. The molecule has 6 heavy (non-hydrogen) atoms. The van der Waals surface area contributed by atoms with Crippen LogP contribution in [0.4, 0.5) is 0 Å². The van der Waals surface area contributed by atoms with Gasteiger partial charge in [-0.1, -0.05) is 0 Å². The van der Waals surface area contributed by atoms with Crippen molar-refractivity contribution >= 4 is 22.5 Å². The average molecular weight is 272 g/mol. The van der Waals surface area contributed by atoms with Crippen molar-refractivity contribution < 1.29 is 35.7 Å². The van der Waals surface area contributed by atoms with Gasteiger partial charge in [-0.2, -0.15) is 0 Å². The van der Waals surface area contributed by atoms with E-state index in [0.29, 0.717) is 0 Å². The van der Waals surface area contributed by atoms with Crippen LogP contribution in [0.15, 0.2) is 0 Å². The van der Waals surface area contributed by atoms with Gasteiger partial charge in [-0.3, -0.25) is 0 Å². The van der Waals surface area contributed by atoms with Crippen molar-refractivity contribution in [2.75, 3.05) is 0 Å². The molecule has 0 aromatic rings. The summed E-state index contributed by atoms with van der Waals surface area (Å²) in [4.78, 5) is 0. The topological polar surface area (TPSA) is 54.4 Å². The van der Waals surface area contributed by atoms with Crippen molar-refractivity contribution in [2.24, 2.45) is 0 Å². The van der Waals surface area contributed by atoms with Crippen LogP contribution in [0.25, 0.3) is 0 Å². The normalized spacial score (nSPS) is 6.67. The molecular weight excluding hydrogens is 271 g/mol. The van der Waals surface area contributed by atoms with Crippen LogP contribution in [0.3, 0.4) is 0 Å². The van der Waals surface area contributed by atoms with E-state index in [0.717, 1.165) is 22.7 Å². The van der Waals surface area contributed by atoms with E-state index in [1.54, 1.807) is 0 Å². The first kappa shape index (κ1) is 10.4. The van der Waals surface area contributed by atoms with Gasteiger partial charge in [0.2, 0.25) is 0 Å². The summed E-state index contributed by atoms with van der Waals surface area (Å²) in [6, 6.07) is 0. The minimum absolute atomic E-state index is 1.03. The molecular formula is HCdO3SSe-. The monoisotopic (exact) mass is 275 g/mol. The molecule has 0 aliphatic rings. The first-order valence-corrected chi connectivity index (χ1v) is 11.6. The zero-order valence-electron chi connectivity index (χ0n) is 2.79. The van der Waals surface area contributed by atoms with E-state index in [1.165, 1.54) is 0 Å². The van der Waals surface area contributed by atoms with E-state index in [1.807, 2.05) is 0 Å². The Morgan fingerprint density at radius 2 is 1.50 bits per heavy atom. The SMILES string of the molecule is O=[S-](=O)O.[Se]=[Cd]. The summed E-state index contributed by atoms with van der Waals surface area (Å²) < 4.78 is 24.1. The predicted molar refractivity (Wildman–Crippen MR) is 17.1 cm³/mol. The molecule has 0 heterocycles. The van der Waals surface area contributed by atoms with Gasteiger partial charge in [0.15, 0.2) is 0 Å². The van der Waals surface area contributed by atoms with Crippen LogP contribution in [0, 0.1) is 0 Å². The average Bonchev–Trinajstić information content (AvgIpc) is 1.41. The van der Waals surface area contributed by atoms with E-state index in [-0.39, 0.29) is 0 Å². The van der Waals surface area contributed by atoms with Crippen molar-refractivity contribution in [3.8, 4) is 0 Å². The van der Waals surface area contributed by atoms with E-state index in [9.17, 15) is 0 Å². The molecule has 0 aliphatic heterocycles. The fraction of sp³-hybridized carbons (Fsp3) is 0. The van der Waals surface area contributed by atoms with Crippen LogP contribution < -0.4 is 0 Å². The zero-order valence-corrected chi connectivity index (χ0v) is 9.35. The quantitative estimate of drug-likeness (QED) is 0.277. The molecule has 0 aliphatic carbocycles. The van der Waals surface area contributed by atoms with Crippen LogP contribution in [-0.4, -0.2) is 16.0 Å². The Morgan fingerprint density at radius 1 is 1.50 bits per heavy atom. The Morgan fingerprint density at radius 3 is 1.50 bits per heavy atom. The molecule has 0 atom stereocenters. The molecule has 3 nitrogen and oxygen atoms in total. The molecule has 0 aromatic carbocycles. The third-order valence-electron chi connectivity index (χ3n) is 0. The molecule has 0 saturated heterocycles. The summed E-state index contributed by atoms with van der Waals surface area (Å²) in [5.74, 6) is 0. The van der Waals surface area contributed by atoms with Crippen LogP contribution in [0.2, 0.25) is 0 Å². The van der Waals surface area contributed by atoms with Crippen molar-refractivity contribution in [1.29, 1.82) is 0 Å². The van der Waals surface area contributed by atoms with Gasteiger partial charge in [0.25, 0.3) is 0 Å². The van der Waals surface area contributed by atoms with Gasteiger partial charge in [-0.25, -0.2) is 0 Å². The van der Waals surface area contributed by atoms with Crippen molar-refractivity contribution in [1.82, 2.24) is 0 Å². The van der Waals surface area contributed by atoms with Crippen molar-refractivity contribution in [3.63, 3.8) is 0 Å². The molecule has 0 fully saturated rings. The molecule has 0 amide bonds. The molecule has 6 heteroatoms. The summed E-state index contributed by atoms with van der Waals surface area (Å²) in [5.41, 5.74) is 0. The summed E-state index contributed by atoms with van der Waals surface area (Å²) in [6.45, 7) is 0. The summed E-state index contributed by atoms with van der Waals surface area (Å²) in [6.07, 6.45) is 0. The van der Waals surface area contributed by atoms with Gasteiger partial charge in [0, 0.05) is 11.0 Å². The van der Waals surface area contributed by atoms with Gasteiger partial charge >= 0.3 is 34.2 Å². The second kappa shape index (κ2) is 9.61. The number of hydrogen-bond donors (Lipinski definition) is 1. The predicted octanol–water partition coefficient (Wildman–Crippen LogP) is -0.615. The molecule has 34 valence electrons. The Balaban J connectivity index is 0. The molecule has 0 saturated carbocycles. The number of rotatable bonds is 0. The fourth-order valence-electron chi connectivity index (χ4n) is 0. The van der Waals surface area contributed by atoms with Crippen LogP contribution >= 0.6 is 0 Å². The van der Waals surface area contributed by atoms with Gasteiger partial charge in [0.05, 0.1) is 0 Å². The summed E-state index contributed by atoms with van der Waals surface area (Å²) >= 11 is 3.82. The molecule has 0 bridgehead atoms. The van der Waals surface area contributed by atoms with Gasteiger partial charge in [0.1, 0.15) is 0 Å². The first-order valence-electron chi connectivity index (χ1n) is 0.805. The minimum atomic E-state index is -2.86. The third kappa shape index (κ3) is 55.5. The molecule has 0 radical (unpaired) electrons. The van der Waals surface area contributed by atoms with Gasteiger partial charge < -0.3 is 13.0 Å². The Hall–Kier alpha value is 1.35. The summed E-state index contributed by atoms with van der Waals surface area (Å²) in [7, 11) is -2.86. The molecule has 1 N–H and O–H groups in total. The maximum atomic E-state index is 8.56. The standard InChI is InChI=1S/Cd.HO3S.Se/c;1-4(2)3;/h;(H,1,2,3);/q;-1;. The van der Waals surface area contributed by atoms with E-state index >= 15 is 0 Å². The van der Waals surface area contributed by atoms with Crippen LogP contribution in [-0.2, 0) is 42.1 Å².